The molecule has 0 spiro atoms. The fourth-order valence-electron chi connectivity index (χ4n) is 1.73. The highest BCUT2D eigenvalue weighted by Gasteiger charge is 2.38. The summed E-state index contributed by atoms with van der Waals surface area (Å²) in [5, 5.41) is 0.553. The van der Waals surface area contributed by atoms with Gasteiger partial charge in [0.15, 0.2) is 0 Å². The SMILES string of the molecule is O=S(=O)(c1ccccc1F)N(CCBr)C1CC1. The molecule has 1 aliphatic carbocycles. The Kier molecular flexibility index (Phi) is 3.85. The van der Waals surface area contributed by atoms with Crippen LogP contribution in [0.5, 0.6) is 0 Å². The van der Waals surface area contributed by atoms with Crippen molar-refractivity contribution in [2.45, 2.75) is 23.8 Å². The average molecular weight is 322 g/mol. The number of rotatable bonds is 5. The maximum absolute atomic E-state index is 13.6. The van der Waals surface area contributed by atoms with Gasteiger partial charge in [-0.2, -0.15) is 4.31 Å². The molecule has 1 aliphatic rings. The maximum atomic E-state index is 13.6. The van der Waals surface area contributed by atoms with E-state index in [1.807, 2.05) is 0 Å². The lowest BCUT2D eigenvalue weighted by atomic mass is 10.4. The number of hydrogen-bond donors (Lipinski definition) is 0. The van der Waals surface area contributed by atoms with E-state index >= 15 is 0 Å². The Hall–Kier alpha value is -0.460. The predicted molar refractivity (Wildman–Crippen MR) is 67.1 cm³/mol. The quantitative estimate of drug-likeness (QED) is 0.781. The lowest BCUT2D eigenvalue weighted by molar-refractivity contribution is 0.420. The molecule has 0 N–H and O–H groups in total. The van der Waals surface area contributed by atoms with Gasteiger partial charge in [0, 0.05) is 17.9 Å². The van der Waals surface area contributed by atoms with Crippen LogP contribution < -0.4 is 0 Å². The Balaban J connectivity index is 2.37. The molecular formula is C11H13BrFNO2S. The smallest absolute Gasteiger partial charge is 0.207 e. The molecule has 0 saturated heterocycles. The van der Waals surface area contributed by atoms with Crippen molar-refractivity contribution in [3.8, 4) is 0 Å². The molecule has 0 bridgehead atoms. The van der Waals surface area contributed by atoms with Crippen LogP contribution >= 0.6 is 15.9 Å². The standard InChI is InChI=1S/C11H13BrFNO2S/c12-7-8-14(9-5-6-9)17(15,16)11-4-2-1-3-10(11)13/h1-4,9H,5-8H2. The van der Waals surface area contributed by atoms with Crippen molar-refractivity contribution in [3.05, 3.63) is 30.1 Å². The fourth-order valence-corrected chi connectivity index (χ4v) is 4.09. The van der Waals surface area contributed by atoms with Gasteiger partial charge in [-0.1, -0.05) is 28.1 Å². The number of nitrogens with zero attached hydrogens (tertiary/aromatic N) is 1. The first-order valence-electron chi connectivity index (χ1n) is 5.39. The lowest BCUT2D eigenvalue weighted by Crippen LogP contribution is -2.35. The van der Waals surface area contributed by atoms with E-state index in [4.69, 9.17) is 0 Å². The Morgan fingerprint density at radius 2 is 2.00 bits per heavy atom. The van der Waals surface area contributed by atoms with Crippen LogP contribution in [0.4, 0.5) is 4.39 Å². The van der Waals surface area contributed by atoms with Crippen molar-refractivity contribution in [3.63, 3.8) is 0 Å². The molecule has 6 heteroatoms. The topological polar surface area (TPSA) is 37.4 Å². The summed E-state index contributed by atoms with van der Waals surface area (Å²) in [7, 11) is -3.70. The summed E-state index contributed by atoms with van der Waals surface area (Å²) < 4.78 is 39.5. The molecule has 1 aromatic rings. The highest BCUT2D eigenvalue weighted by atomic mass is 79.9. The van der Waals surface area contributed by atoms with Gasteiger partial charge in [0.1, 0.15) is 10.7 Å². The van der Waals surface area contributed by atoms with Crippen molar-refractivity contribution in [1.82, 2.24) is 4.31 Å². The first-order chi connectivity index (χ1) is 8.07. The number of alkyl halides is 1. The third-order valence-electron chi connectivity index (χ3n) is 2.68. The van der Waals surface area contributed by atoms with Crippen LogP contribution in [0.15, 0.2) is 29.2 Å². The molecule has 2 rings (SSSR count). The zero-order valence-electron chi connectivity index (χ0n) is 9.14. The van der Waals surface area contributed by atoms with Crippen molar-refractivity contribution in [2.24, 2.45) is 0 Å². The van der Waals surface area contributed by atoms with E-state index in [1.54, 1.807) is 0 Å². The molecule has 17 heavy (non-hydrogen) atoms. The third kappa shape index (κ3) is 2.69. The Labute approximate surface area is 109 Å². The second-order valence-electron chi connectivity index (χ2n) is 3.97. The highest BCUT2D eigenvalue weighted by Crippen LogP contribution is 2.32. The van der Waals surface area contributed by atoms with E-state index in [-0.39, 0.29) is 10.9 Å². The molecule has 1 fully saturated rings. The van der Waals surface area contributed by atoms with Crippen LogP contribution in [0.2, 0.25) is 0 Å². The molecule has 3 nitrogen and oxygen atoms in total. The molecule has 0 unspecified atom stereocenters. The van der Waals surface area contributed by atoms with E-state index in [9.17, 15) is 12.8 Å². The van der Waals surface area contributed by atoms with Gasteiger partial charge in [-0.05, 0) is 25.0 Å². The number of sulfonamides is 1. The van der Waals surface area contributed by atoms with E-state index in [2.05, 4.69) is 15.9 Å². The van der Waals surface area contributed by atoms with Crippen LogP contribution in [-0.2, 0) is 10.0 Å². The van der Waals surface area contributed by atoms with Crippen LogP contribution in [0.25, 0.3) is 0 Å². The Bertz CT molecular complexity index is 502. The van der Waals surface area contributed by atoms with Crippen molar-refractivity contribution in [2.75, 3.05) is 11.9 Å². The van der Waals surface area contributed by atoms with Gasteiger partial charge in [-0.25, -0.2) is 12.8 Å². The minimum atomic E-state index is -3.70. The zero-order valence-corrected chi connectivity index (χ0v) is 11.5. The van der Waals surface area contributed by atoms with E-state index < -0.39 is 15.8 Å². The molecule has 94 valence electrons. The highest BCUT2D eigenvalue weighted by molar-refractivity contribution is 9.09. The van der Waals surface area contributed by atoms with Crippen LogP contribution in [0.1, 0.15) is 12.8 Å². The van der Waals surface area contributed by atoms with Gasteiger partial charge >= 0.3 is 0 Å². The minimum Gasteiger partial charge on any atom is -0.207 e. The first-order valence-corrected chi connectivity index (χ1v) is 7.96. The third-order valence-corrected chi connectivity index (χ3v) is 5.02. The van der Waals surface area contributed by atoms with Gasteiger partial charge in [0.25, 0.3) is 0 Å². The van der Waals surface area contributed by atoms with Crippen molar-refractivity contribution in [1.29, 1.82) is 0 Å². The lowest BCUT2D eigenvalue weighted by Gasteiger charge is -2.21. The number of hydrogen-bond acceptors (Lipinski definition) is 2. The van der Waals surface area contributed by atoms with Gasteiger partial charge in [0.2, 0.25) is 10.0 Å². The predicted octanol–water partition coefficient (Wildman–Crippen LogP) is 2.37. The van der Waals surface area contributed by atoms with Gasteiger partial charge < -0.3 is 0 Å². The van der Waals surface area contributed by atoms with Crippen molar-refractivity contribution < 1.29 is 12.8 Å². The van der Waals surface area contributed by atoms with E-state index in [0.717, 1.165) is 12.8 Å². The Morgan fingerprint density at radius 1 is 1.35 bits per heavy atom. The minimum absolute atomic E-state index is 0.0390. The molecule has 1 saturated carbocycles. The molecule has 0 heterocycles. The first kappa shape index (κ1) is 13.0. The normalized spacial score (nSPS) is 16.4. The molecule has 0 amide bonds. The summed E-state index contributed by atoms with van der Waals surface area (Å²) in [6.07, 6.45) is 1.72. The van der Waals surface area contributed by atoms with Gasteiger partial charge in [-0.3, -0.25) is 0 Å². The molecule has 0 radical (unpaired) electrons. The summed E-state index contributed by atoms with van der Waals surface area (Å²) in [5.41, 5.74) is 0. The van der Waals surface area contributed by atoms with Gasteiger partial charge in [0.05, 0.1) is 0 Å². The van der Waals surface area contributed by atoms with Crippen molar-refractivity contribution >= 4 is 26.0 Å². The van der Waals surface area contributed by atoms with Crippen LogP contribution in [0, 0.1) is 5.82 Å². The maximum Gasteiger partial charge on any atom is 0.246 e. The number of halogens is 2. The second kappa shape index (κ2) is 5.04. The largest absolute Gasteiger partial charge is 0.246 e. The van der Waals surface area contributed by atoms with Gasteiger partial charge in [-0.15, -0.1) is 0 Å². The second-order valence-corrected chi connectivity index (χ2v) is 6.62. The van der Waals surface area contributed by atoms with E-state index in [0.29, 0.717) is 11.9 Å². The molecular weight excluding hydrogens is 309 g/mol. The molecule has 0 aliphatic heterocycles. The summed E-state index contributed by atoms with van der Waals surface area (Å²) in [4.78, 5) is -0.229. The van der Waals surface area contributed by atoms with Crippen LogP contribution in [0.3, 0.4) is 0 Å². The summed E-state index contributed by atoms with van der Waals surface area (Å²) in [6.45, 7) is 0.376. The summed E-state index contributed by atoms with van der Waals surface area (Å²) in [5.74, 6) is -0.687. The molecule has 0 atom stereocenters. The monoisotopic (exact) mass is 321 g/mol. The van der Waals surface area contributed by atoms with E-state index in [1.165, 1.54) is 28.6 Å². The molecule has 1 aromatic carbocycles. The Morgan fingerprint density at radius 3 is 2.53 bits per heavy atom. The zero-order chi connectivity index (χ0) is 12.5. The summed E-state index contributed by atoms with van der Waals surface area (Å²) in [6, 6.07) is 5.55. The fraction of sp³-hybridized carbons (Fsp3) is 0.455. The van der Waals surface area contributed by atoms with Crippen LogP contribution in [-0.4, -0.2) is 30.6 Å². The average Bonchev–Trinajstić information content (AvgIpc) is 3.10. The summed E-state index contributed by atoms with van der Waals surface area (Å²) >= 11 is 3.23. The number of benzene rings is 1. The molecule has 0 aromatic heterocycles.